The van der Waals surface area contributed by atoms with Gasteiger partial charge < -0.3 is 10.2 Å². The molecule has 0 bridgehead atoms. The molecule has 2 N–H and O–H groups in total. The number of piperazine rings is 1. The molecule has 2 fully saturated rings. The summed E-state index contributed by atoms with van der Waals surface area (Å²) in [5, 5.41) is 5.02. The van der Waals surface area contributed by atoms with E-state index in [4.69, 9.17) is 0 Å². The summed E-state index contributed by atoms with van der Waals surface area (Å²) >= 11 is 0. The van der Waals surface area contributed by atoms with Crippen LogP contribution >= 0.6 is 0 Å². The molecule has 1 aliphatic heterocycles. The molecule has 0 aromatic carbocycles. The summed E-state index contributed by atoms with van der Waals surface area (Å²) in [4.78, 5) is 35.8. The predicted molar refractivity (Wildman–Crippen MR) is 55.5 cm³/mol. The lowest BCUT2D eigenvalue weighted by Gasteiger charge is -2.33. The number of carbonyl (C=O) groups excluding carboxylic acids is 3. The van der Waals surface area contributed by atoms with Gasteiger partial charge in [0.05, 0.1) is 0 Å². The molecule has 1 unspecified atom stereocenters. The summed E-state index contributed by atoms with van der Waals surface area (Å²) in [6.07, 6.45) is 2.48. The Morgan fingerprint density at radius 3 is 2.75 bits per heavy atom. The normalized spacial score (nSPS) is 25.3. The minimum Gasteiger partial charge on any atom is -0.335 e. The zero-order valence-corrected chi connectivity index (χ0v) is 9.16. The Hall–Kier alpha value is -1.59. The fraction of sp³-hybridized carbons (Fsp3) is 0.700. The first-order valence-corrected chi connectivity index (χ1v) is 5.52. The van der Waals surface area contributed by atoms with Gasteiger partial charge in [0.1, 0.15) is 12.6 Å². The van der Waals surface area contributed by atoms with Crippen LogP contribution in [-0.2, 0) is 9.59 Å². The molecule has 88 valence electrons. The second-order valence-corrected chi connectivity index (χ2v) is 4.19. The Labute approximate surface area is 93.4 Å². The van der Waals surface area contributed by atoms with Crippen molar-refractivity contribution in [1.29, 1.82) is 0 Å². The van der Waals surface area contributed by atoms with E-state index in [9.17, 15) is 14.4 Å². The topological polar surface area (TPSA) is 78.5 Å². The van der Waals surface area contributed by atoms with Crippen LogP contribution in [0.4, 0.5) is 4.79 Å². The van der Waals surface area contributed by atoms with Gasteiger partial charge in [-0.15, -0.1) is 0 Å². The second kappa shape index (κ2) is 4.11. The van der Waals surface area contributed by atoms with Crippen molar-refractivity contribution in [3.05, 3.63) is 0 Å². The lowest BCUT2D eigenvalue weighted by Crippen LogP contribution is -2.61. The van der Waals surface area contributed by atoms with Gasteiger partial charge in [-0.3, -0.25) is 14.9 Å². The highest BCUT2D eigenvalue weighted by Crippen LogP contribution is 2.20. The van der Waals surface area contributed by atoms with E-state index in [1.54, 1.807) is 0 Å². The van der Waals surface area contributed by atoms with Crippen LogP contribution < -0.4 is 10.6 Å². The predicted octanol–water partition coefficient (Wildman–Crippen LogP) is -0.405. The molecular weight excluding hydrogens is 210 g/mol. The first kappa shape index (κ1) is 10.9. The zero-order valence-electron chi connectivity index (χ0n) is 9.16. The lowest BCUT2D eigenvalue weighted by atomic mass is 10.1. The van der Waals surface area contributed by atoms with Crippen LogP contribution in [0.15, 0.2) is 0 Å². The first-order valence-electron chi connectivity index (χ1n) is 5.52. The van der Waals surface area contributed by atoms with Gasteiger partial charge in [-0.25, -0.2) is 4.79 Å². The van der Waals surface area contributed by atoms with Crippen molar-refractivity contribution in [3.63, 3.8) is 0 Å². The minimum atomic E-state index is -0.531. The molecule has 0 aromatic rings. The summed E-state index contributed by atoms with van der Waals surface area (Å²) in [5.74, 6) is -0.801. The van der Waals surface area contributed by atoms with E-state index in [1.165, 1.54) is 4.90 Å². The average molecular weight is 225 g/mol. The van der Waals surface area contributed by atoms with Crippen molar-refractivity contribution in [2.45, 2.75) is 38.3 Å². The van der Waals surface area contributed by atoms with Crippen LogP contribution in [0.2, 0.25) is 0 Å². The van der Waals surface area contributed by atoms with E-state index in [-0.39, 0.29) is 24.5 Å². The fourth-order valence-corrected chi connectivity index (χ4v) is 1.77. The van der Waals surface area contributed by atoms with Crippen molar-refractivity contribution in [2.75, 3.05) is 6.54 Å². The number of urea groups is 1. The van der Waals surface area contributed by atoms with Crippen molar-refractivity contribution in [2.24, 2.45) is 0 Å². The van der Waals surface area contributed by atoms with E-state index >= 15 is 0 Å². The SMILES string of the molecule is CCC1C(=O)NC(=O)CN1C(=O)NC1CC1. The molecule has 1 saturated carbocycles. The van der Waals surface area contributed by atoms with Crippen molar-refractivity contribution in [3.8, 4) is 0 Å². The molecule has 16 heavy (non-hydrogen) atoms. The molecule has 4 amide bonds. The Morgan fingerprint density at radius 1 is 1.50 bits per heavy atom. The molecule has 0 aromatic heterocycles. The first-order chi connectivity index (χ1) is 7.61. The van der Waals surface area contributed by atoms with E-state index in [2.05, 4.69) is 10.6 Å². The van der Waals surface area contributed by atoms with Gasteiger partial charge in [0.15, 0.2) is 0 Å². The van der Waals surface area contributed by atoms with Crippen molar-refractivity contribution >= 4 is 17.8 Å². The molecule has 1 saturated heterocycles. The third kappa shape index (κ3) is 2.15. The third-order valence-electron chi connectivity index (χ3n) is 2.81. The summed E-state index contributed by atoms with van der Waals surface area (Å²) in [5.41, 5.74) is 0. The van der Waals surface area contributed by atoms with Crippen molar-refractivity contribution < 1.29 is 14.4 Å². The van der Waals surface area contributed by atoms with E-state index < -0.39 is 11.9 Å². The van der Waals surface area contributed by atoms with Crippen LogP contribution in [0.5, 0.6) is 0 Å². The number of amides is 4. The molecule has 2 rings (SSSR count). The molecule has 1 heterocycles. The van der Waals surface area contributed by atoms with Crippen LogP contribution in [0.3, 0.4) is 0 Å². The third-order valence-corrected chi connectivity index (χ3v) is 2.81. The summed E-state index contributed by atoms with van der Waals surface area (Å²) in [7, 11) is 0. The summed E-state index contributed by atoms with van der Waals surface area (Å²) in [6.45, 7) is 1.78. The molecule has 2 aliphatic rings. The van der Waals surface area contributed by atoms with E-state index in [0.29, 0.717) is 6.42 Å². The monoisotopic (exact) mass is 225 g/mol. The number of imide groups is 1. The number of nitrogens with one attached hydrogen (secondary N) is 2. The van der Waals surface area contributed by atoms with E-state index in [0.717, 1.165) is 12.8 Å². The minimum absolute atomic E-state index is 0.0389. The van der Waals surface area contributed by atoms with Gasteiger partial charge in [0, 0.05) is 6.04 Å². The van der Waals surface area contributed by atoms with Gasteiger partial charge in [-0.2, -0.15) is 0 Å². The van der Waals surface area contributed by atoms with Gasteiger partial charge in [0.25, 0.3) is 0 Å². The second-order valence-electron chi connectivity index (χ2n) is 4.19. The molecule has 1 aliphatic carbocycles. The highest BCUT2D eigenvalue weighted by atomic mass is 16.2. The molecule has 0 radical (unpaired) electrons. The maximum absolute atomic E-state index is 11.8. The summed E-state index contributed by atoms with van der Waals surface area (Å²) < 4.78 is 0. The number of hydrogen-bond acceptors (Lipinski definition) is 3. The zero-order chi connectivity index (χ0) is 11.7. The van der Waals surface area contributed by atoms with Crippen LogP contribution in [0.1, 0.15) is 26.2 Å². The Balaban J connectivity index is 2.05. The maximum atomic E-state index is 11.8. The lowest BCUT2D eigenvalue weighted by molar-refractivity contribution is -0.138. The average Bonchev–Trinajstić information content (AvgIpc) is 3.00. The quantitative estimate of drug-likeness (QED) is 0.627. The fourth-order valence-electron chi connectivity index (χ4n) is 1.77. The molecule has 6 nitrogen and oxygen atoms in total. The maximum Gasteiger partial charge on any atom is 0.318 e. The number of nitrogens with zero attached hydrogens (tertiary/aromatic N) is 1. The highest BCUT2D eigenvalue weighted by molar-refractivity contribution is 6.04. The van der Waals surface area contributed by atoms with Gasteiger partial charge in [-0.1, -0.05) is 6.92 Å². The highest BCUT2D eigenvalue weighted by Gasteiger charge is 2.37. The Bertz CT molecular complexity index is 338. The van der Waals surface area contributed by atoms with Gasteiger partial charge in [-0.05, 0) is 19.3 Å². The molecule has 1 atom stereocenters. The molecule has 6 heteroatoms. The Kier molecular flexibility index (Phi) is 2.80. The number of hydrogen-bond donors (Lipinski definition) is 2. The standard InChI is InChI=1S/C10H15N3O3/c1-2-7-9(15)12-8(14)5-13(7)10(16)11-6-3-4-6/h6-7H,2-5H2,1H3,(H,11,16)(H,12,14,15). The van der Waals surface area contributed by atoms with Crippen LogP contribution in [-0.4, -0.2) is 41.4 Å². The molecule has 0 spiro atoms. The molecular formula is C10H15N3O3. The number of carbonyl (C=O) groups is 3. The Morgan fingerprint density at radius 2 is 2.19 bits per heavy atom. The van der Waals surface area contributed by atoms with Crippen molar-refractivity contribution in [1.82, 2.24) is 15.5 Å². The summed E-state index contributed by atoms with van der Waals surface area (Å²) in [6, 6.07) is -0.612. The van der Waals surface area contributed by atoms with E-state index in [1.807, 2.05) is 6.92 Å². The van der Waals surface area contributed by atoms with Gasteiger partial charge in [0.2, 0.25) is 11.8 Å². The van der Waals surface area contributed by atoms with Crippen LogP contribution in [0, 0.1) is 0 Å². The largest absolute Gasteiger partial charge is 0.335 e. The van der Waals surface area contributed by atoms with Gasteiger partial charge >= 0.3 is 6.03 Å². The van der Waals surface area contributed by atoms with Crippen LogP contribution in [0.25, 0.3) is 0 Å². The smallest absolute Gasteiger partial charge is 0.318 e. The number of rotatable bonds is 2.